The van der Waals surface area contributed by atoms with Gasteiger partial charge >= 0.3 is 0 Å². The summed E-state index contributed by atoms with van der Waals surface area (Å²) in [5.74, 6) is 2.65. The van der Waals surface area contributed by atoms with Gasteiger partial charge in [-0.2, -0.15) is 0 Å². The van der Waals surface area contributed by atoms with Crippen LogP contribution < -0.4 is 11.1 Å². The molecule has 14 heavy (non-hydrogen) atoms. The summed E-state index contributed by atoms with van der Waals surface area (Å²) in [4.78, 5) is 11.2. The highest BCUT2D eigenvalue weighted by Gasteiger charge is 2.01. The number of nitrogens with two attached hydrogens (primary N) is 1. The lowest BCUT2D eigenvalue weighted by molar-refractivity contribution is -0.121. The van der Waals surface area contributed by atoms with Gasteiger partial charge in [-0.1, -0.05) is 0 Å². The molecule has 3 nitrogen and oxygen atoms in total. The van der Waals surface area contributed by atoms with Crippen molar-refractivity contribution >= 4 is 5.91 Å². The second-order valence-corrected chi connectivity index (χ2v) is 3.53. The third-order valence-corrected chi connectivity index (χ3v) is 1.90. The van der Waals surface area contributed by atoms with Crippen molar-refractivity contribution in [3.63, 3.8) is 0 Å². The summed E-state index contributed by atoms with van der Waals surface area (Å²) in [5, 5.41) is 2.83. The monoisotopic (exact) mass is 196 g/mol. The number of unbranched alkanes of at least 4 members (excludes halogenated alkanes) is 2. The van der Waals surface area contributed by atoms with Crippen molar-refractivity contribution < 1.29 is 4.79 Å². The van der Waals surface area contributed by atoms with Gasteiger partial charge in [0.25, 0.3) is 0 Å². The van der Waals surface area contributed by atoms with Crippen LogP contribution in [0.3, 0.4) is 0 Å². The minimum atomic E-state index is 0.0861. The number of hydrogen-bond donors (Lipinski definition) is 2. The van der Waals surface area contributed by atoms with Gasteiger partial charge in [0.05, 0.1) is 0 Å². The lowest BCUT2D eigenvalue weighted by Crippen LogP contribution is -2.26. The van der Waals surface area contributed by atoms with Crippen LogP contribution in [0, 0.1) is 12.3 Å². The third-order valence-electron chi connectivity index (χ3n) is 1.90. The molecule has 80 valence electrons. The van der Waals surface area contributed by atoms with Crippen LogP contribution >= 0.6 is 0 Å². The Kier molecular flexibility index (Phi) is 7.96. The predicted octanol–water partition coefficient (Wildman–Crippen LogP) is 1.03. The molecule has 1 atom stereocenters. The SMILES string of the molecule is C#CCCCCNC(=O)CCC(C)N. The minimum Gasteiger partial charge on any atom is -0.356 e. The minimum absolute atomic E-state index is 0.0861. The molecular formula is C11H20N2O. The zero-order valence-corrected chi connectivity index (χ0v) is 8.88. The molecule has 1 amide bonds. The number of nitrogens with one attached hydrogen (secondary N) is 1. The number of amides is 1. The number of hydrogen-bond acceptors (Lipinski definition) is 2. The van der Waals surface area contributed by atoms with Crippen molar-refractivity contribution in [3.8, 4) is 12.3 Å². The Hall–Kier alpha value is -1.01. The molecule has 0 saturated carbocycles. The number of terminal acetylenes is 1. The molecule has 0 heterocycles. The van der Waals surface area contributed by atoms with Crippen molar-refractivity contribution in [2.24, 2.45) is 5.73 Å². The first-order chi connectivity index (χ1) is 6.66. The molecule has 0 rings (SSSR count). The zero-order valence-electron chi connectivity index (χ0n) is 8.88. The summed E-state index contributed by atoms with van der Waals surface area (Å²) in [6.45, 7) is 2.62. The van der Waals surface area contributed by atoms with Crippen molar-refractivity contribution in [2.45, 2.75) is 45.1 Å². The van der Waals surface area contributed by atoms with E-state index in [0.29, 0.717) is 6.42 Å². The average Bonchev–Trinajstić information content (AvgIpc) is 2.14. The van der Waals surface area contributed by atoms with Crippen LogP contribution in [0.25, 0.3) is 0 Å². The second-order valence-electron chi connectivity index (χ2n) is 3.53. The van der Waals surface area contributed by atoms with Crippen molar-refractivity contribution in [2.75, 3.05) is 6.54 Å². The van der Waals surface area contributed by atoms with E-state index in [0.717, 1.165) is 32.2 Å². The van der Waals surface area contributed by atoms with E-state index in [4.69, 9.17) is 12.2 Å². The molecule has 1 unspecified atom stereocenters. The topological polar surface area (TPSA) is 55.1 Å². The van der Waals surface area contributed by atoms with Crippen molar-refractivity contribution in [3.05, 3.63) is 0 Å². The molecule has 0 saturated heterocycles. The molecule has 0 radical (unpaired) electrons. The van der Waals surface area contributed by atoms with E-state index in [-0.39, 0.29) is 11.9 Å². The standard InChI is InChI=1S/C11H20N2O/c1-3-4-5-6-9-13-11(14)8-7-10(2)12/h1,10H,4-9,12H2,2H3,(H,13,14). The highest BCUT2D eigenvalue weighted by atomic mass is 16.1. The van der Waals surface area contributed by atoms with E-state index >= 15 is 0 Å². The molecular weight excluding hydrogens is 176 g/mol. The third kappa shape index (κ3) is 9.08. The van der Waals surface area contributed by atoms with E-state index < -0.39 is 0 Å². The fraction of sp³-hybridized carbons (Fsp3) is 0.727. The Morgan fingerprint density at radius 3 is 2.86 bits per heavy atom. The number of carbonyl (C=O) groups excluding carboxylic acids is 1. The van der Waals surface area contributed by atoms with Crippen molar-refractivity contribution in [1.82, 2.24) is 5.32 Å². The molecule has 0 spiro atoms. The highest BCUT2D eigenvalue weighted by molar-refractivity contribution is 5.75. The Labute approximate surface area is 86.4 Å². The number of rotatable bonds is 7. The molecule has 0 aromatic heterocycles. The Bertz CT molecular complexity index is 194. The molecule has 0 bridgehead atoms. The molecule has 0 aliphatic heterocycles. The molecule has 0 aliphatic rings. The maximum absolute atomic E-state index is 11.2. The van der Waals surface area contributed by atoms with Crippen LogP contribution in [-0.2, 0) is 4.79 Å². The predicted molar refractivity (Wildman–Crippen MR) is 58.6 cm³/mol. The van der Waals surface area contributed by atoms with Crippen LogP contribution in [-0.4, -0.2) is 18.5 Å². The summed E-state index contributed by atoms with van der Waals surface area (Å²) < 4.78 is 0. The molecule has 0 fully saturated rings. The summed E-state index contributed by atoms with van der Waals surface area (Å²) in [5.41, 5.74) is 5.53. The van der Waals surface area contributed by atoms with Crippen molar-refractivity contribution in [1.29, 1.82) is 0 Å². The van der Waals surface area contributed by atoms with Gasteiger partial charge in [-0.25, -0.2) is 0 Å². The highest BCUT2D eigenvalue weighted by Crippen LogP contribution is 1.94. The summed E-state index contributed by atoms with van der Waals surface area (Å²) in [6, 6.07) is 0.0993. The number of carbonyl (C=O) groups is 1. The van der Waals surface area contributed by atoms with Crippen LogP contribution in [0.1, 0.15) is 39.0 Å². The van der Waals surface area contributed by atoms with Gasteiger partial charge in [0.15, 0.2) is 0 Å². The van der Waals surface area contributed by atoms with Crippen LogP contribution in [0.2, 0.25) is 0 Å². The smallest absolute Gasteiger partial charge is 0.220 e. The maximum atomic E-state index is 11.2. The first kappa shape index (κ1) is 13.0. The molecule has 3 N–H and O–H groups in total. The molecule has 0 aromatic rings. The molecule has 3 heteroatoms. The van der Waals surface area contributed by atoms with E-state index in [2.05, 4.69) is 11.2 Å². The summed E-state index contributed by atoms with van der Waals surface area (Å²) in [7, 11) is 0. The van der Waals surface area contributed by atoms with Crippen LogP contribution in [0.15, 0.2) is 0 Å². The van der Waals surface area contributed by atoms with Gasteiger partial charge in [0.1, 0.15) is 0 Å². The largest absolute Gasteiger partial charge is 0.356 e. The maximum Gasteiger partial charge on any atom is 0.220 e. The van der Waals surface area contributed by atoms with Gasteiger partial charge in [0, 0.05) is 25.4 Å². The Morgan fingerprint density at radius 2 is 2.29 bits per heavy atom. The molecule has 0 aliphatic carbocycles. The van der Waals surface area contributed by atoms with Gasteiger partial charge in [-0.15, -0.1) is 12.3 Å². The van der Waals surface area contributed by atoms with Crippen LogP contribution in [0.4, 0.5) is 0 Å². The summed E-state index contributed by atoms with van der Waals surface area (Å²) in [6.07, 6.45) is 9.08. The van der Waals surface area contributed by atoms with E-state index in [1.807, 2.05) is 6.92 Å². The lowest BCUT2D eigenvalue weighted by Gasteiger charge is -2.06. The molecule has 0 aromatic carbocycles. The van der Waals surface area contributed by atoms with E-state index in [1.165, 1.54) is 0 Å². The van der Waals surface area contributed by atoms with Gasteiger partial charge in [-0.3, -0.25) is 4.79 Å². The normalized spacial score (nSPS) is 11.8. The second kappa shape index (κ2) is 8.58. The van der Waals surface area contributed by atoms with E-state index in [9.17, 15) is 4.79 Å². The Balaban J connectivity index is 3.24. The summed E-state index contributed by atoms with van der Waals surface area (Å²) >= 11 is 0. The van der Waals surface area contributed by atoms with Crippen LogP contribution in [0.5, 0.6) is 0 Å². The quantitative estimate of drug-likeness (QED) is 0.472. The fourth-order valence-corrected chi connectivity index (χ4v) is 1.03. The van der Waals surface area contributed by atoms with Gasteiger partial charge < -0.3 is 11.1 Å². The first-order valence-corrected chi connectivity index (χ1v) is 5.12. The van der Waals surface area contributed by atoms with Gasteiger partial charge in [0.2, 0.25) is 5.91 Å². The first-order valence-electron chi connectivity index (χ1n) is 5.12. The Morgan fingerprint density at radius 1 is 1.57 bits per heavy atom. The zero-order chi connectivity index (χ0) is 10.8. The fourth-order valence-electron chi connectivity index (χ4n) is 1.03. The average molecular weight is 196 g/mol. The van der Waals surface area contributed by atoms with E-state index in [1.54, 1.807) is 0 Å². The lowest BCUT2D eigenvalue weighted by atomic mass is 10.2. The van der Waals surface area contributed by atoms with Gasteiger partial charge in [-0.05, 0) is 26.2 Å².